The molecule has 0 aliphatic rings. The van der Waals surface area contributed by atoms with Crippen molar-refractivity contribution in [2.24, 2.45) is 0 Å². The molecule has 1 heterocycles. The number of esters is 1. The zero-order chi connectivity index (χ0) is 14.0. The summed E-state index contributed by atoms with van der Waals surface area (Å²) in [5, 5.41) is 0.856. The Hall–Kier alpha value is -2.50. The summed E-state index contributed by atoms with van der Waals surface area (Å²) >= 11 is 0. The van der Waals surface area contributed by atoms with Gasteiger partial charge in [0.05, 0.1) is 18.3 Å². The molecule has 3 N–H and O–H groups in total. The van der Waals surface area contributed by atoms with Gasteiger partial charge in [-0.05, 0) is 12.1 Å². The summed E-state index contributed by atoms with van der Waals surface area (Å²) in [6, 6.07) is 7.14. The van der Waals surface area contributed by atoms with Gasteiger partial charge in [0.1, 0.15) is 12.2 Å². The van der Waals surface area contributed by atoms with Crippen LogP contribution in [0.25, 0.3) is 10.9 Å². The monoisotopic (exact) mass is 261 g/mol. The number of methoxy groups -OCH3 is 1. The van der Waals surface area contributed by atoms with Crippen LogP contribution in [0.4, 0.5) is 5.69 Å². The Morgan fingerprint density at radius 1 is 1.42 bits per heavy atom. The lowest BCUT2D eigenvalue weighted by Gasteiger charge is -2.14. The number of amides is 1. The third kappa shape index (κ3) is 2.52. The highest BCUT2D eigenvalue weighted by molar-refractivity contribution is 6.01. The molecular formula is C13H15N3O3. The van der Waals surface area contributed by atoms with Crippen LogP contribution in [0.2, 0.25) is 0 Å². The van der Waals surface area contributed by atoms with Crippen molar-refractivity contribution in [1.82, 2.24) is 9.88 Å². The molecule has 6 nitrogen and oxygen atoms in total. The van der Waals surface area contributed by atoms with E-state index in [0.717, 1.165) is 10.9 Å². The Morgan fingerprint density at radius 3 is 2.79 bits per heavy atom. The molecule has 0 aliphatic carbocycles. The zero-order valence-electron chi connectivity index (χ0n) is 10.8. The molecule has 1 aromatic carbocycles. The molecule has 6 heteroatoms. The quantitative estimate of drug-likeness (QED) is 0.637. The van der Waals surface area contributed by atoms with Gasteiger partial charge in [-0.2, -0.15) is 0 Å². The predicted molar refractivity (Wildman–Crippen MR) is 71.7 cm³/mol. The van der Waals surface area contributed by atoms with Crippen LogP contribution in [0.5, 0.6) is 0 Å². The second-order valence-corrected chi connectivity index (χ2v) is 4.23. The van der Waals surface area contributed by atoms with E-state index in [-0.39, 0.29) is 12.5 Å². The third-order valence-corrected chi connectivity index (χ3v) is 2.86. The van der Waals surface area contributed by atoms with Crippen LogP contribution >= 0.6 is 0 Å². The van der Waals surface area contributed by atoms with Crippen molar-refractivity contribution in [3.8, 4) is 0 Å². The van der Waals surface area contributed by atoms with Gasteiger partial charge in [-0.1, -0.05) is 12.1 Å². The van der Waals surface area contributed by atoms with Crippen LogP contribution in [-0.2, 0) is 9.53 Å². The van der Waals surface area contributed by atoms with E-state index in [9.17, 15) is 9.59 Å². The fourth-order valence-electron chi connectivity index (χ4n) is 1.83. The Balaban J connectivity index is 2.26. The van der Waals surface area contributed by atoms with Gasteiger partial charge in [0, 0.05) is 12.4 Å². The van der Waals surface area contributed by atoms with Gasteiger partial charge in [-0.3, -0.25) is 9.59 Å². The second kappa shape index (κ2) is 5.01. The fourth-order valence-corrected chi connectivity index (χ4v) is 1.83. The lowest BCUT2D eigenvalue weighted by molar-refractivity contribution is -0.141. The predicted octanol–water partition coefficient (Wildman–Crippen LogP) is 0.995. The first-order chi connectivity index (χ1) is 9.02. The number of ether oxygens (including phenoxy) is 1. The topological polar surface area (TPSA) is 88.4 Å². The minimum Gasteiger partial charge on any atom is -0.468 e. The summed E-state index contributed by atoms with van der Waals surface area (Å²) in [5.74, 6) is -0.757. The number of likely N-dealkylation sites (N-methyl/N-ethyl adjacent to an activating group) is 1. The molecule has 0 spiro atoms. The molecule has 2 aromatic rings. The number of anilines is 1. The normalized spacial score (nSPS) is 10.4. The van der Waals surface area contributed by atoms with Gasteiger partial charge in [0.15, 0.2) is 0 Å². The van der Waals surface area contributed by atoms with Crippen molar-refractivity contribution in [3.05, 3.63) is 30.0 Å². The molecule has 0 fully saturated rings. The molecule has 0 aliphatic heterocycles. The summed E-state index contributed by atoms with van der Waals surface area (Å²) < 4.78 is 4.52. The minimum absolute atomic E-state index is 0.0970. The number of carbonyl (C=O) groups is 2. The molecule has 19 heavy (non-hydrogen) atoms. The van der Waals surface area contributed by atoms with Crippen LogP contribution in [0.3, 0.4) is 0 Å². The van der Waals surface area contributed by atoms with Gasteiger partial charge in [-0.25, -0.2) is 0 Å². The molecule has 0 saturated carbocycles. The molecule has 0 unspecified atom stereocenters. The second-order valence-electron chi connectivity index (χ2n) is 4.23. The summed E-state index contributed by atoms with van der Waals surface area (Å²) in [5.41, 5.74) is 7.50. The zero-order valence-corrected chi connectivity index (χ0v) is 10.8. The number of rotatable bonds is 3. The number of H-pyrrole nitrogens is 1. The average molecular weight is 261 g/mol. The van der Waals surface area contributed by atoms with E-state index in [0.29, 0.717) is 11.4 Å². The van der Waals surface area contributed by atoms with Crippen molar-refractivity contribution in [2.75, 3.05) is 26.4 Å². The maximum absolute atomic E-state index is 12.1. The maximum Gasteiger partial charge on any atom is 0.325 e. The van der Waals surface area contributed by atoms with Crippen molar-refractivity contribution in [2.45, 2.75) is 0 Å². The van der Waals surface area contributed by atoms with Crippen LogP contribution in [0, 0.1) is 0 Å². The third-order valence-electron chi connectivity index (χ3n) is 2.86. The Bertz CT molecular complexity index is 633. The highest BCUT2D eigenvalue weighted by Crippen LogP contribution is 2.21. The number of nitrogens with two attached hydrogens (primary N) is 1. The van der Waals surface area contributed by atoms with Gasteiger partial charge in [0.25, 0.3) is 5.91 Å². The first kappa shape index (κ1) is 12.9. The van der Waals surface area contributed by atoms with Crippen LogP contribution in [0.15, 0.2) is 24.3 Å². The Labute approximate surface area is 110 Å². The fraction of sp³-hybridized carbons (Fsp3) is 0.231. The van der Waals surface area contributed by atoms with Crippen LogP contribution in [-0.4, -0.2) is 42.5 Å². The summed E-state index contributed by atoms with van der Waals surface area (Å²) in [4.78, 5) is 27.5. The number of nitrogens with one attached hydrogen (secondary N) is 1. The summed E-state index contributed by atoms with van der Waals surface area (Å²) in [6.07, 6.45) is 0. The number of benzene rings is 1. The number of fused-ring (bicyclic) bond motifs is 1. The lowest BCUT2D eigenvalue weighted by atomic mass is 10.2. The molecule has 0 saturated heterocycles. The molecule has 1 aromatic heterocycles. The number of aromatic nitrogens is 1. The molecule has 100 valence electrons. The average Bonchev–Trinajstić information content (AvgIpc) is 2.83. The molecule has 0 atom stereocenters. The van der Waals surface area contributed by atoms with Crippen molar-refractivity contribution < 1.29 is 14.3 Å². The largest absolute Gasteiger partial charge is 0.468 e. The maximum atomic E-state index is 12.1. The Morgan fingerprint density at radius 2 is 2.16 bits per heavy atom. The summed E-state index contributed by atoms with van der Waals surface area (Å²) in [6.45, 7) is -0.0970. The van der Waals surface area contributed by atoms with Gasteiger partial charge < -0.3 is 20.4 Å². The van der Waals surface area contributed by atoms with Crippen LogP contribution in [0.1, 0.15) is 10.5 Å². The molecule has 0 radical (unpaired) electrons. The highest BCUT2D eigenvalue weighted by Gasteiger charge is 2.17. The number of para-hydroxylation sites is 1. The van der Waals surface area contributed by atoms with E-state index in [1.165, 1.54) is 19.1 Å². The highest BCUT2D eigenvalue weighted by atomic mass is 16.5. The van der Waals surface area contributed by atoms with E-state index in [1.807, 2.05) is 12.1 Å². The van der Waals surface area contributed by atoms with E-state index in [4.69, 9.17) is 5.73 Å². The van der Waals surface area contributed by atoms with E-state index in [1.54, 1.807) is 12.1 Å². The van der Waals surface area contributed by atoms with E-state index < -0.39 is 5.97 Å². The number of nitrogen functional groups attached to an aromatic ring is 1. The summed E-state index contributed by atoms with van der Waals surface area (Å²) in [7, 11) is 2.82. The number of aromatic amines is 1. The number of hydrogen-bond acceptors (Lipinski definition) is 4. The Kier molecular flexibility index (Phi) is 3.41. The smallest absolute Gasteiger partial charge is 0.325 e. The van der Waals surface area contributed by atoms with Crippen LogP contribution < -0.4 is 5.73 Å². The number of carbonyl (C=O) groups excluding carboxylic acids is 2. The first-order valence-corrected chi connectivity index (χ1v) is 5.72. The van der Waals surface area contributed by atoms with Gasteiger partial charge in [0.2, 0.25) is 0 Å². The SMILES string of the molecule is COC(=O)CN(C)C(=O)c1cc2cccc(N)c2[nH]1. The molecule has 0 bridgehead atoms. The molecule has 2 rings (SSSR count). The van der Waals surface area contributed by atoms with E-state index in [2.05, 4.69) is 9.72 Å². The van der Waals surface area contributed by atoms with Crippen molar-refractivity contribution >= 4 is 28.5 Å². The lowest BCUT2D eigenvalue weighted by Crippen LogP contribution is -2.32. The van der Waals surface area contributed by atoms with Crippen molar-refractivity contribution in [1.29, 1.82) is 0 Å². The van der Waals surface area contributed by atoms with E-state index >= 15 is 0 Å². The van der Waals surface area contributed by atoms with Gasteiger partial charge in [-0.15, -0.1) is 0 Å². The molecule has 1 amide bonds. The van der Waals surface area contributed by atoms with Gasteiger partial charge >= 0.3 is 5.97 Å². The standard InChI is InChI=1S/C13H15N3O3/c1-16(7-11(17)19-2)13(18)10-6-8-4-3-5-9(14)12(8)15-10/h3-6,15H,7,14H2,1-2H3. The minimum atomic E-state index is -0.466. The molecular weight excluding hydrogens is 246 g/mol. The van der Waals surface area contributed by atoms with Crippen molar-refractivity contribution in [3.63, 3.8) is 0 Å². The number of nitrogens with zero attached hydrogens (tertiary/aromatic N) is 1. The first-order valence-electron chi connectivity index (χ1n) is 5.72. The number of hydrogen-bond donors (Lipinski definition) is 2.